The lowest BCUT2D eigenvalue weighted by Gasteiger charge is -2.38. The molecule has 1 amide bonds. The van der Waals surface area contributed by atoms with Gasteiger partial charge in [-0.25, -0.2) is 0 Å². The van der Waals surface area contributed by atoms with Crippen molar-refractivity contribution in [2.45, 2.75) is 38.8 Å². The van der Waals surface area contributed by atoms with Crippen molar-refractivity contribution >= 4 is 5.91 Å². The third kappa shape index (κ3) is 2.74. The molecule has 0 aromatic carbocycles. The average Bonchev–Trinajstić information content (AvgIpc) is 3.10. The number of hydrogen-bond donors (Lipinski definition) is 2. The van der Waals surface area contributed by atoms with E-state index in [2.05, 4.69) is 20.5 Å². The zero-order valence-electron chi connectivity index (χ0n) is 12.8. The number of H-pyrrole nitrogens is 1. The second-order valence-electron chi connectivity index (χ2n) is 5.89. The van der Waals surface area contributed by atoms with Crippen LogP contribution in [0.5, 0.6) is 0 Å². The smallest absolute Gasteiger partial charge is 0.244 e. The lowest BCUT2D eigenvalue weighted by atomic mass is 9.90. The van der Waals surface area contributed by atoms with E-state index in [0.29, 0.717) is 18.7 Å². The number of aliphatic hydroxyl groups is 1. The highest BCUT2D eigenvalue weighted by Crippen LogP contribution is 2.29. The molecule has 118 valence electrons. The minimum absolute atomic E-state index is 0.0483. The Morgan fingerprint density at radius 1 is 1.50 bits per heavy atom. The molecule has 3 rings (SSSR count). The van der Waals surface area contributed by atoms with Crippen LogP contribution >= 0.6 is 0 Å². The van der Waals surface area contributed by atoms with Crippen molar-refractivity contribution in [3.63, 3.8) is 0 Å². The molecule has 1 fully saturated rings. The predicted molar refractivity (Wildman–Crippen MR) is 77.8 cm³/mol. The normalized spacial score (nSPS) is 22.0. The van der Waals surface area contributed by atoms with Crippen LogP contribution in [0, 0.1) is 13.8 Å². The van der Waals surface area contributed by atoms with Gasteiger partial charge in [0.25, 0.3) is 0 Å². The van der Waals surface area contributed by atoms with Gasteiger partial charge in [0.1, 0.15) is 17.8 Å². The number of carbonyl (C=O) groups is 1. The van der Waals surface area contributed by atoms with E-state index in [-0.39, 0.29) is 19.0 Å². The molecule has 22 heavy (non-hydrogen) atoms. The molecule has 1 atom stereocenters. The van der Waals surface area contributed by atoms with E-state index in [0.717, 1.165) is 17.8 Å². The minimum atomic E-state index is -1.13. The number of likely N-dealkylation sites (tertiary alicyclic amines) is 1. The molecule has 3 heterocycles. The maximum atomic E-state index is 12.5. The van der Waals surface area contributed by atoms with Crippen LogP contribution in [0.3, 0.4) is 0 Å². The molecule has 0 unspecified atom stereocenters. The quantitative estimate of drug-likeness (QED) is 0.839. The Balaban J connectivity index is 1.72. The van der Waals surface area contributed by atoms with Gasteiger partial charge in [0.05, 0.1) is 18.4 Å². The Kier molecular flexibility index (Phi) is 3.69. The van der Waals surface area contributed by atoms with Crippen LogP contribution in [0.4, 0.5) is 0 Å². The first-order chi connectivity index (χ1) is 10.5. The second-order valence-corrected chi connectivity index (χ2v) is 5.89. The van der Waals surface area contributed by atoms with Gasteiger partial charge < -0.3 is 10.0 Å². The molecule has 0 radical (unpaired) electrons. The van der Waals surface area contributed by atoms with Crippen LogP contribution in [-0.2, 0) is 16.9 Å². The Morgan fingerprint density at radius 3 is 2.95 bits per heavy atom. The van der Waals surface area contributed by atoms with Crippen molar-refractivity contribution in [1.82, 2.24) is 30.1 Å². The molecule has 0 spiro atoms. The molecular weight excluding hydrogens is 284 g/mol. The molecule has 1 aliphatic heterocycles. The molecule has 8 nitrogen and oxygen atoms in total. The SMILES string of the molecule is Cc1cc(C)n(CC(=O)N2CCC[C@](O)(c3cn[nH]n3)C2)n1. The monoisotopic (exact) mass is 304 g/mol. The number of nitrogens with zero attached hydrogens (tertiary/aromatic N) is 5. The van der Waals surface area contributed by atoms with Crippen LogP contribution in [0.2, 0.25) is 0 Å². The summed E-state index contributed by atoms with van der Waals surface area (Å²) in [6.07, 6.45) is 2.81. The summed E-state index contributed by atoms with van der Waals surface area (Å²) in [4.78, 5) is 14.2. The summed E-state index contributed by atoms with van der Waals surface area (Å²) in [5, 5.41) is 25.3. The van der Waals surface area contributed by atoms with Gasteiger partial charge >= 0.3 is 0 Å². The van der Waals surface area contributed by atoms with Crippen molar-refractivity contribution in [3.05, 3.63) is 29.3 Å². The Labute approximate surface area is 128 Å². The second kappa shape index (κ2) is 5.53. The summed E-state index contributed by atoms with van der Waals surface area (Å²) in [6.45, 7) is 4.89. The van der Waals surface area contributed by atoms with Crippen LogP contribution in [0.1, 0.15) is 29.9 Å². The highest BCUT2D eigenvalue weighted by atomic mass is 16.3. The Morgan fingerprint density at radius 2 is 2.32 bits per heavy atom. The molecule has 0 bridgehead atoms. The lowest BCUT2D eigenvalue weighted by Crippen LogP contribution is -2.49. The van der Waals surface area contributed by atoms with E-state index in [1.165, 1.54) is 6.20 Å². The summed E-state index contributed by atoms with van der Waals surface area (Å²) in [7, 11) is 0. The van der Waals surface area contributed by atoms with Crippen LogP contribution in [-0.4, -0.2) is 54.2 Å². The first-order valence-electron chi connectivity index (χ1n) is 7.35. The zero-order valence-corrected chi connectivity index (χ0v) is 12.8. The Bertz CT molecular complexity index is 665. The molecule has 8 heteroatoms. The van der Waals surface area contributed by atoms with Gasteiger partial charge in [-0.05, 0) is 32.8 Å². The van der Waals surface area contributed by atoms with E-state index in [1.807, 2.05) is 19.9 Å². The first kappa shape index (κ1) is 14.7. The summed E-state index contributed by atoms with van der Waals surface area (Å²) in [5.41, 5.74) is 1.20. The number of aromatic nitrogens is 5. The van der Waals surface area contributed by atoms with Crippen molar-refractivity contribution in [3.8, 4) is 0 Å². The molecule has 1 aliphatic rings. The largest absolute Gasteiger partial charge is 0.382 e. The summed E-state index contributed by atoms with van der Waals surface area (Å²) in [6, 6.07) is 1.94. The number of β-amino-alcohol motifs (C(OH)–C–C–N with tert-alkyl or cyclic N) is 1. The first-order valence-corrected chi connectivity index (χ1v) is 7.35. The standard InChI is InChI=1S/C14H20N6O2/c1-10-6-11(2)20(17-10)8-13(21)19-5-3-4-14(22,9-19)12-7-15-18-16-12/h6-7,22H,3-5,8-9H2,1-2H3,(H,15,16,18)/t14-/m1/s1. The third-order valence-electron chi connectivity index (χ3n) is 4.10. The van der Waals surface area contributed by atoms with E-state index >= 15 is 0 Å². The fourth-order valence-corrected chi connectivity index (χ4v) is 2.95. The zero-order chi connectivity index (χ0) is 15.7. The van der Waals surface area contributed by atoms with Gasteiger partial charge in [0.2, 0.25) is 5.91 Å². The van der Waals surface area contributed by atoms with E-state index in [4.69, 9.17) is 0 Å². The molecule has 0 aliphatic carbocycles. The highest BCUT2D eigenvalue weighted by Gasteiger charge is 2.38. The fraction of sp³-hybridized carbons (Fsp3) is 0.571. The predicted octanol–water partition coefficient (Wildman–Crippen LogP) is 0.128. The number of amides is 1. The number of nitrogens with one attached hydrogen (secondary N) is 1. The number of aryl methyl sites for hydroxylation is 2. The summed E-state index contributed by atoms with van der Waals surface area (Å²) in [5.74, 6) is -0.0483. The summed E-state index contributed by atoms with van der Waals surface area (Å²) < 4.78 is 1.70. The highest BCUT2D eigenvalue weighted by molar-refractivity contribution is 5.76. The average molecular weight is 304 g/mol. The van der Waals surface area contributed by atoms with Gasteiger partial charge in [0.15, 0.2) is 0 Å². The molecule has 2 aromatic heterocycles. The molecule has 2 N–H and O–H groups in total. The van der Waals surface area contributed by atoms with Gasteiger partial charge in [-0.2, -0.15) is 20.5 Å². The molecular formula is C14H20N6O2. The lowest BCUT2D eigenvalue weighted by molar-refractivity contribution is -0.140. The van der Waals surface area contributed by atoms with Gasteiger partial charge in [-0.15, -0.1) is 0 Å². The third-order valence-corrected chi connectivity index (χ3v) is 4.10. The maximum absolute atomic E-state index is 12.5. The molecule has 0 saturated carbocycles. The molecule has 1 saturated heterocycles. The number of carbonyl (C=O) groups excluding carboxylic acids is 1. The topological polar surface area (TPSA) is 99.9 Å². The van der Waals surface area contributed by atoms with Crippen molar-refractivity contribution in [1.29, 1.82) is 0 Å². The van der Waals surface area contributed by atoms with E-state index in [9.17, 15) is 9.90 Å². The van der Waals surface area contributed by atoms with Crippen molar-refractivity contribution in [2.24, 2.45) is 0 Å². The number of hydrogen-bond acceptors (Lipinski definition) is 5. The summed E-state index contributed by atoms with van der Waals surface area (Å²) >= 11 is 0. The van der Waals surface area contributed by atoms with Crippen LogP contribution in [0.25, 0.3) is 0 Å². The fourth-order valence-electron chi connectivity index (χ4n) is 2.95. The van der Waals surface area contributed by atoms with E-state index in [1.54, 1.807) is 9.58 Å². The van der Waals surface area contributed by atoms with Crippen molar-refractivity contribution < 1.29 is 9.90 Å². The van der Waals surface area contributed by atoms with Crippen LogP contribution < -0.4 is 0 Å². The number of aromatic amines is 1. The van der Waals surface area contributed by atoms with E-state index < -0.39 is 5.60 Å². The maximum Gasteiger partial charge on any atom is 0.244 e. The molecule has 2 aromatic rings. The van der Waals surface area contributed by atoms with Crippen molar-refractivity contribution in [2.75, 3.05) is 13.1 Å². The minimum Gasteiger partial charge on any atom is -0.382 e. The van der Waals surface area contributed by atoms with Gasteiger partial charge in [-0.1, -0.05) is 0 Å². The number of rotatable bonds is 3. The van der Waals surface area contributed by atoms with Gasteiger partial charge in [0, 0.05) is 12.2 Å². The van der Waals surface area contributed by atoms with Crippen LogP contribution in [0.15, 0.2) is 12.3 Å². The number of piperidine rings is 1. The van der Waals surface area contributed by atoms with Gasteiger partial charge in [-0.3, -0.25) is 9.48 Å². The Hall–Kier alpha value is -2.22.